The topological polar surface area (TPSA) is 87.9 Å². The molecular formula is C31H40N4O4. The minimum Gasteiger partial charge on any atom is -0.480 e. The second kappa shape index (κ2) is 8.77. The number of carboxylic acids is 1. The number of hydrogen-bond donors (Lipinski definition) is 1. The monoisotopic (exact) mass is 532 g/mol. The molecule has 0 radical (unpaired) electrons. The number of para-hydroxylation sites is 2. The van der Waals surface area contributed by atoms with Crippen LogP contribution in [0, 0.1) is 23.2 Å². The molecule has 0 spiro atoms. The minimum absolute atomic E-state index is 0.0537. The van der Waals surface area contributed by atoms with Crippen LogP contribution in [0.3, 0.4) is 0 Å². The molecule has 8 rings (SSSR count). The first-order valence-corrected chi connectivity index (χ1v) is 15.3. The molecule has 9 atom stereocenters. The fraction of sp³-hybridized carbons (Fsp3) is 0.710. The summed E-state index contributed by atoms with van der Waals surface area (Å²) in [6.07, 6.45) is 10.0. The van der Waals surface area contributed by atoms with Gasteiger partial charge < -0.3 is 19.3 Å². The maximum atomic E-state index is 14.2. The Bertz CT molecular complexity index is 1360. The van der Waals surface area contributed by atoms with Crippen LogP contribution in [0.15, 0.2) is 29.1 Å². The van der Waals surface area contributed by atoms with Crippen molar-refractivity contribution >= 4 is 22.8 Å². The van der Waals surface area contributed by atoms with Crippen molar-refractivity contribution in [2.24, 2.45) is 23.2 Å². The van der Waals surface area contributed by atoms with E-state index in [0.29, 0.717) is 42.3 Å². The van der Waals surface area contributed by atoms with Crippen LogP contribution in [0.2, 0.25) is 0 Å². The molecule has 1 aromatic carbocycles. The Morgan fingerprint density at radius 2 is 1.77 bits per heavy atom. The molecule has 3 saturated carbocycles. The smallest absolute Gasteiger partial charge is 0.326 e. The number of aliphatic carboxylic acids is 1. The molecule has 8 heteroatoms. The second-order valence-electron chi connectivity index (χ2n) is 13.8. The molecule has 1 N–H and O–H groups in total. The van der Waals surface area contributed by atoms with Gasteiger partial charge in [0.15, 0.2) is 5.82 Å². The van der Waals surface area contributed by atoms with Crippen LogP contribution in [0.25, 0.3) is 11.0 Å². The molecule has 3 saturated heterocycles. The highest BCUT2D eigenvalue weighted by Crippen LogP contribution is 2.67. The molecule has 3 aliphatic carbocycles. The van der Waals surface area contributed by atoms with Crippen LogP contribution in [-0.4, -0.2) is 69.5 Å². The lowest BCUT2D eigenvalue weighted by Crippen LogP contribution is -2.62. The lowest BCUT2D eigenvalue weighted by molar-refractivity contribution is -0.138. The number of morpholine rings is 1. The van der Waals surface area contributed by atoms with E-state index in [1.807, 2.05) is 28.8 Å². The van der Waals surface area contributed by atoms with Gasteiger partial charge in [-0.3, -0.25) is 9.69 Å². The van der Waals surface area contributed by atoms with E-state index in [2.05, 4.69) is 11.8 Å². The van der Waals surface area contributed by atoms with Crippen molar-refractivity contribution in [3.8, 4) is 0 Å². The van der Waals surface area contributed by atoms with E-state index in [0.717, 1.165) is 61.3 Å². The highest BCUT2D eigenvalue weighted by molar-refractivity contribution is 5.80. The number of aromatic nitrogens is 2. The Morgan fingerprint density at radius 3 is 2.56 bits per heavy atom. The van der Waals surface area contributed by atoms with E-state index in [1.165, 1.54) is 32.1 Å². The molecule has 3 aliphatic heterocycles. The second-order valence-corrected chi connectivity index (χ2v) is 13.8. The van der Waals surface area contributed by atoms with Crippen molar-refractivity contribution in [1.82, 2.24) is 14.5 Å². The molecule has 4 heterocycles. The van der Waals surface area contributed by atoms with Crippen LogP contribution in [-0.2, 0) is 9.53 Å². The molecule has 0 amide bonds. The molecule has 4 bridgehead atoms. The number of anilines is 1. The maximum absolute atomic E-state index is 14.2. The normalized spacial score (nSPS) is 41.4. The van der Waals surface area contributed by atoms with Crippen LogP contribution in [0.4, 0.5) is 5.82 Å². The van der Waals surface area contributed by atoms with Gasteiger partial charge in [0, 0.05) is 30.7 Å². The van der Waals surface area contributed by atoms with Crippen molar-refractivity contribution in [3.63, 3.8) is 0 Å². The third-order valence-corrected chi connectivity index (χ3v) is 11.9. The largest absolute Gasteiger partial charge is 0.480 e. The van der Waals surface area contributed by atoms with Crippen molar-refractivity contribution in [3.05, 3.63) is 34.6 Å². The van der Waals surface area contributed by atoms with E-state index >= 15 is 0 Å². The Kier molecular flexibility index (Phi) is 5.48. The summed E-state index contributed by atoms with van der Waals surface area (Å²) in [5, 5.41) is 9.83. The molecule has 6 fully saturated rings. The highest BCUT2D eigenvalue weighted by atomic mass is 16.5. The number of nitrogens with zero attached hydrogens (tertiary/aromatic N) is 4. The van der Waals surface area contributed by atoms with Gasteiger partial charge in [-0.1, -0.05) is 19.1 Å². The molecule has 1 aromatic heterocycles. The zero-order chi connectivity index (χ0) is 26.5. The van der Waals surface area contributed by atoms with Gasteiger partial charge in [0.05, 0.1) is 24.2 Å². The van der Waals surface area contributed by atoms with Gasteiger partial charge in [-0.05, 0) is 93.1 Å². The average molecular weight is 533 g/mol. The SMILES string of the molecule is CC12C[C@H]3C[C@@H](N4[C@@H]5COC[C@H]4CC(n4c(=O)c(N6CCC[C@H]6C(=O)O)nc6ccccc64)C5)C[C@@H]1C[C@@H]2C3. The van der Waals surface area contributed by atoms with Crippen molar-refractivity contribution < 1.29 is 14.6 Å². The summed E-state index contributed by atoms with van der Waals surface area (Å²) in [6.45, 7) is 4.59. The van der Waals surface area contributed by atoms with Crippen LogP contribution >= 0.6 is 0 Å². The Hall–Kier alpha value is -2.45. The predicted octanol–water partition coefficient (Wildman–Crippen LogP) is 4.07. The van der Waals surface area contributed by atoms with Gasteiger partial charge in [0.25, 0.3) is 5.56 Å². The lowest BCUT2D eigenvalue weighted by atomic mass is 9.54. The minimum atomic E-state index is -0.878. The summed E-state index contributed by atoms with van der Waals surface area (Å²) in [7, 11) is 0. The van der Waals surface area contributed by atoms with E-state index in [1.54, 1.807) is 4.90 Å². The summed E-state index contributed by atoms with van der Waals surface area (Å²) in [4.78, 5) is 35.5. The number of fused-ring (bicyclic) bond motifs is 4. The Labute approximate surface area is 229 Å². The van der Waals surface area contributed by atoms with E-state index in [9.17, 15) is 14.7 Å². The van der Waals surface area contributed by atoms with Crippen LogP contribution in [0.5, 0.6) is 0 Å². The summed E-state index contributed by atoms with van der Waals surface area (Å²) in [5.41, 5.74) is 2.07. The van der Waals surface area contributed by atoms with Crippen molar-refractivity contribution in [2.75, 3.05) is 24.7 Å². The quantitative estimate of drug-likeness (QED) is 0.635. The Morgan fingerprint density at radius 1 is 1.00 bits per heavy atom. The zero-order valence-electron chi connectivity index (χ0n) is 22.9. The van der Waals surface area contributed by atoms with E-state index in [-0.39, 0.29) is 11.6 Å². The lowest BCUT2D eigenvalue weighted by Gasteiger charge is -2.56. The molecule has 2 unspecified atom stereocenters. The number of carboxylic acid groups (broad SMARTS) is 1. The van der Waals surface area contributed by atoms with E-state index < -0.39 is 12.0 Å². The number of piperidine rings is 1. The third kappa shape index (κ3) is 3.59. The molecule has 2 aromatic rings. The first-order chi connectivity index (χ1) is 18.9. The fourth-order valence-electron chi connectivity index (χ4n) is 10.1. The van der Waals surface area contributed by atoms with Gasteiger partial charge in [-0.2, -0.15) is 0 Å². The number of benzene rings is 1. The van der Waals surface area contributed by atoms with Crippen LogP contribution in [0.1, 0.15) is 70.8 Å². The van der Waals surface area contributed by atoms with E-state index in [4.69, 9.17) is 9.72 Å². The van der Waals surface area contributed by atoms with Gasteiger partial charge >= 0.3 is 5.97 Å². The molecule has 39 heavy (non-hydrogen) atoms. The fourth-order valence-corrected chi connectivity index (χ4v) is 10.1. The van der Waals surface area contributed by atoms with Crippen molar-refractivity contribution in [1.29, 1.82) is 0 Å². The zero-order valence-corrected chi connectivity index (χ0v) is 22.9. The van der Waals surface area contributed by atoms with Crippen LogP contribution < -0.4 is 10.5 Å². The third-order valence-electron chi connectivity index (χ3n) is 11.9. The number of carbonyl (C=O) groups is 1. The number of rotatable bonds is 4. The average Bonchev–Trinajstić information content (AvgIpc) is 3.45. The highest BCUT2D eigenvalue weighted by Gasteiger charge is 2.60. The molecular weight excluding hydrogens is 492 g/mol. The van der Waals surface area contributed by atoms with Crippen molar-refractivity contribution in [2.45, 2.75) is 94.9 Å². The standard InChI is InChI=1S/C31H40N4O4/c1-31-15-18-9-19(31)11-20(31)12-21(10-18)34-23-13-22(14-24(34)17-39-16-23)35-26-6-3-2-5-25(26)32-28(29(35)36)33-8-4-7-27(33)30(37)38/h2-3,5-6,18-24,27H,4,7-17H2,1H3,(H,37,38)/t18-,19+,20+,21-,22?,23-,24+,27+,31?/m1/s1. The van der Waals surface area contributed by atoms with Gasteiger partial charge in [0.2, 0.25) is 0 Å². The molecule has 6 aliphatic rings. The van der Waals surface area contributed by atoms with Gasteiger partial charge in [-0.25, -0.2) is 9.78 Å². The summed E-state index contributed by atoms with van der Waals surface area (Å²) >= 11 is 0. The maximum Gasteiger partial charge on any atom is 0.326 e. The summed E-state index contributed by atoms with van der Waals surface area (Å²) in [5.74, 6) is 2.14. The molecule has 208 valence electrons. The Balaban J connectivity index is 1.14. The van der Waals surface area contributed by atoms with Gasteiger partial charge in [0.1, 0.15) is 6.04 Å². The number of hydrogen-bond acceptors (Lipinski definition) is 6. The summed E-state index contributed by atoms with van der Waals surface area (Å²) in [6, 6.07) is 8.50. The van der Waals surface area contributed by atoms with Gasteiger partial charge in [-0.15, -0.1) is 0 Å². The summed E-state index contributed by atoms with van der Waals surface area (Å²) < 4.78 is 8.12. The first kappa shape index (κ1) is 24.4. The predicted molar refractivity (Wildman–Crippen MR) is 148 cm³/mol. The first-order valence-electron chi connectivity index (χ1n) is 15.3. The number of ether oxygens (including phenoxy) is 1. The molecule has 8 nitrogen and oxygen atoms in total.